The minimum absolute atomic E-state index is 0.447. The van der Waals surface area contributed by atoms with Gasteiger partial charge in [0.25, 0.3) is 0 Å². The summed E-state index contributed by atoms with van der Waals surface area (Å²) in [4.78, 5) is 1.38. The lowest BCUT2D eigenvalue weighted by Gasteiger charge is -2.27. The van der Waals surface area contributed by atoms with Crippen molar-refractivity contribution >= 4 is 11.8 Å². The van der Waals surface area contributed by atoms with Crippen LogP contribution in [0.1, 0.15) is 39.0 Å². The molecule has 1 nitrogen and oxygen atoms in total. The molecule has 1 aromatic carbocycles. The fourth-order valence-corrected chi connectivity index (χ4v) is 4.21. The predicted molar refractivity (Wildman–Crippen MR) is 80.9 cm³/mol. The Labute approximate surface area is 116 Å². The molecule has 18 heavy (non-hydrogen) atoms. The maximum absolute atomic E-state index is 6.06. The van der Waals surface area contributed by atoms with Gasteiger partial charge < -0.3 is 5.73 Å². The molecule has 0 saturated heterocycles. The quantitative estimate of drug-likeness (QED) is 0.773. The number of nitrogens with two attached hydrogens (primary N) is 1. The molecule has 1 aromatic rings. The molecule has 2 rings (SSSR count). The van der Waals surface area contributed by atoms with Crippen molar-refractivity contribution in [2.24, 2.45) is 17.1 Å². The topological polar surface area (TPSA) is 26.0 Å². The van der Waals surface area contributed by atoms with Crippen LogP contribution in [-0.2, 0) is 0 Å². The molecule has 0 aliphatic heterocycles. The van der Waals surface area contributed by atoms with E-state index in [1.165, 1.54) is 42.8 Å². The normalized spacial score (nSPS) is 27.6. The van der Waals surface area contributed by atoms with Gasteiger partial charge in [0.1, 0.15) is 0 Å². The zero-order valence-electron chi connectivity index (χ0n) is 11.4. The van der Waals surface area contributed by atoms with E-state index >= 15 is 0 Å². The van der Waals surface area contributed by atoms with E-state index < -0.39 is 0 Å². The van der Waals surface area contributed by atoms with Gasteiger partial charge in [-0.2, -0.15) is 0 Å². The first-order chi connectivity index (χ1) is 8.78. The number of rotatable bonds is 6. The van der Waals surface area contributed by atoms with Gasteiger partial charge in [-0.3, -0.25) is 0 Å². The van der Waals surface area contributed by atoms with Crippen LogP contribution in [0.2, 0.25) is 0 Å². The average molecular weight is 263 g/mol. The Kier molecular flexibility index (Phi) is 5.13. The van der Waals surface area contributed by atoms with E-state index in [0.717, 1.165) is 12.5 Å². The molecule has 1 aliphatic carbocycles. The van der Waals surface area contributed by atoms with Gasteiger partial charge in [0.05, 0.1) is 0 Å². The van der Waals surface area contributed by atoms with E-state index in [9.17, 15) is 0 Å². The Bertz CT molecular complexity index is 351. The van der Waals surface area contributed by atoms with Gasteiger partial charge in [0.2, 0.25) is 0 Å². The first-order valence-electron chi connectivity index (χ1n) is 7.16. The van der Waals surface area contributed by atoms with Crippen molar-refractivity contribution in [2.45, 2.75) is 43.9 Å². The Balaban J connectivity index is 1.81. The van der Waals surface area contributed by atoms with E-state index in [-0.39, 0.29) is 0 Å². The summed E-state index contributed by atoms with van der Waals surface area (Å²) >= 11 is 1.97. The Morgan fingerprint density at radius 1 is 1.33 bits per heavy atom. The first-order valence-corrected chi connectivity index (χ1v) is 8.14. The average Bonchev–Trinajstić information content (AvgIpc) is 2.84. The molecule has 0 heterocycles. The fourth-order valence-electron chi connectivity index (χ4n) is 3.09. The van der Waals surface area contributed by atoms with Crippen LogP contribution in [-0.4, -0.2) is 12.3 Å². The van der Waals surface area contributed by atoms with Crippen LogP contribution in [0.25, 0.3) is 0 Å². The Morgan fingerprint density at radius 3 is 2.72 bits per heavy atom. The lowest BCUT2D eigenvalue weighted by molar-refractivity contribution is 0.284. The molecule has 1 saturated carbocycles. The summed E-state index contributed by atoms with van der Waals surface area (Å²) in [6.45, 7) is 3.19. The fraction of sp³-hybridized carbons (Fsp3) is 0.625. The third-order valence-electron chi connectivity index (χ3n) is 4.46. The highest BCUT2D eigenvalue weighted by Gasteiger charge is 2.36. The van der Waals surface area contributed by atoms with E-state index in [4.69, 9.17) is 5.73 Å². The Hall–Kier alpha value is -0.470. The highest BCUT2D eigenvalue weighted by Crippen LogP contribution is 2.45. The van der Waals surface area contributed by atoms with Gasteiger partial charge in [0, 0.05) is 4.90 Å². The molecule has 2 atom stereocenters. The van der Waals surface area contributed by atoms with Gasteiger partial charge in [-0.1, -0.05) is 31.5 Å². The van der Waals surface area contributed by atoms with Crippen molar-refractivity contribution in [3.63, 3.8) is 0 Å². The minimum Gasteiger partial charge on any atom is -0.330 e. The number of thioether (sulfide) groups is 1. The molecule has 100 valence electrons. The van der Waals surface area contributed by atoms with Gasteiger partial charge in [-0.05, 0) is 61.4 Å². The van der Waals surface area contributed by atoms with E-state index in [2.05, 4.69) is 37.3 Å². The van der Waals surface area contributed by atoms with Crippen LogP contribution in [0.5, 0.6) is 0 Å². The van der Waals surface area contributed by atoms with Crippen LogP contribution in [0.15, 0.2) is 35.2 Å². The molecule has 2 N–H and O–H groups in total. The van der Waals surface area contributed by atoms with Crippen LogP contribution in [0.3, 0.4) is 0 Å². The summed E-state index contributed by atoms with van der Waals surface area (Å²) in [6.07, 6.45) is 6.70. The van der Waals surface area contributed by atoms with Crippen molar-refractivity contribution in [1.29, 1.82) is 0 Å². The molecule has 1 fully saturated rings. The highest BCUT2D eigenvalue weighted by atomic mass is 32.2. The van der Waals surface area contributed by atoms with Crippen LogP contribution in [0.4, 0.5) is 0 Å². The van der Waals surface area contributed by atoms with E-state index in [0.29, 0.717) is 5.41 Å². The van der Waals surface area contributed by atoms with Crippen molar-refractivity contribution in [3.05, 3.63) is 30.3 Å². The van der Waals surface area contributed by atoms with Crippen molar-refractivity contribution in [3.8, 4) is 0 Å². The predicted octanol–water partition coefficient (Wildman–Crippen LogP) is 4.32. The molecule has 0 aromatic heterocycles. The monoisotopic (exact) mass is 263 g/mol. The molecule has 0 radical (unpaired) electrons. The number of benzene rings is 1. The van der Waals surface area contributed by atoms with Crippen LogP contribution >= 0.6 is 11.8 Å². The molecule has 2 heteroatoms. The molecule has 0 bridgehead atoms. The van der Waals surface area contributed by atoms with Crippen molar-refractivity contribution in [1.82, 2.24) is 0 Å². The lowest BCUT2D eigenvalue weighted by Crippen LogP contribution is -2.28. The second-order valence-electron chi connectivity index (χ2n) is 5.63. The lowest BCUT2D eigenvalue weighted by atomic mass is 9.82. The molecule has 0 amide bonds. The molecule has 0 spiro atoms. The second kappa shape index (κ2) is 6.63. The standard InChI is InChI=1S/C16H25NS/c1-2-14-8-9-16(12-14,13-17)10-11-18-15-6-4-3-5-7-15/h3-7,14H,2,8-13,17H2,1H3. The molecular weight excluding hydrogens is 238 g/mol. The number of hydrogen-bond donors (Lipinski definition) is 1. The molecular formula is C16H25NS. The largest absolute Gasteiger partial charge is 0.330 e. The van der Waals surface area contributed by atoms with Gasteiger partial charge in [0.15, 0.2) is 0 Å². The maximum Gasteiger partial charge on any atom is 0.00719 e. The summed E-state index contributed by atoms with van der Waals surface area (Å²) < 4.78 is 0. The SMILES string of the molecule is CCC1CCC(CN)(CCSc2ccccc2)C1. The zero-order valence-corrected chi connectivity index (χ0v) is 12.2. The highest BCUT2D eigenvalue weighted by molar-refractivity contribution is 7.99. The first kappa shape index (κ1) is 14.0. The van der Waals surface area contributed by atoms with Gasteiger partial charge in [-0.25, -0.2) is 0 Å². The molecule has 2 unspecified atom stereocenters. The second-order valence-corrected chi connectivity index (χ2v) is 6.80. The summed E-state index contributed by atoms with van der Waals surface area (Å²) in [5, 5.41) is 0. The van der Waals surface area contributed by atoms with Crippen LogP contribution < -0.4 is 5.73 Å². The third kappa shape index (κ3) is 3.52. The summed E-state index contributed by atoms with van der Waals surface area (Å²) in [5.41, 5.74) is 6.50. The summed E-state index contributed by atoms with van der Waals surface area (Å²) in [6, 6.07) is 10.7. The summed E-state index contributed by atoms with van der Waals surface area (Å²) in [5.74, 6) is 2.13. The number of hydrogen-bond acceptors (Lipinski definition) is 2. The van der Waals surface area contributed by atoms with Gasteiger partial charge >= 0.3 is 0 Å². The van der Waals surface area contributed by atoms with Gasteiger partial charge in [-0.15, -0.1) is 11.8 Å². The van der Waals surface area contributed by atoms with E-state index in [1.54, 1.807) is 0 Å². The van der Waals surface area contributed by atoms with E-state index in [1.807, 2.05) is 11.8 Å². The maximum atomic E-state index is 6.06. The smallest absolute Gasteiger partial charge is 0.00719 e. The molecule has 1 aliphatic rings. The third-order valence-corrected chi connectivity index (χ3v) is 5.47. The summed E-state index contributed by atoms with van der Waals surface area (Å²) in [7, 11) is 0. The van der Waals surface area contributed by atoms with Crippen LogP contribution in [0, 0.1) is 11.3 Å². The Morgan fingerprint density at radius 2 is 2.11 bits per heavy atom. The minimum atomic E-state index is 0.447. The van der Waals surface area contributed by atoms with Crippen molar-refractivity contribution < 1.29 is 0 Å². The zero-order chi connectivity index (χ0) is 12.8. The van der Waals surface area contributed by atoms with Crippen molar-refractivity contribution in [2.75, 3.05) is 12.3 Å².